The summed E-state index contributed by atoms with van der Waals surface area (Å²) in [5, 5.41) is 0. The quantitative estimate of drug-likeness (QED) is 0.877. The van der Waals surface area contributed by atoms with E-state index >= 15 is 0 Å². The second-order valence-electron chi connectivity index (χ2n) is 4.40. The highest BCUT2D eigenvalue weighted by molar-refractivity contribution is 5.94. The molecule has 2 rings (SSSR count). The third-order valence-corrected chi connectivity index (χ3v) is 3.21. The van der Waals surface area contributed by atoms with E-state index in [1.165, 1.54) is 5.56 Å². The molecule has 1 heterocycles. The molecule has 1 aromatic carbocycles. The fourth-order valence-electron chi connectivity index (χ4n) is 2.21. The van der Waals surface area contributed by atoms with Crippen LogP contribution in [0.3, 0.4) is 0 Å². The standard InChI is InChI=1S/C13H18N2O.ClH/c1-10-4-6-11(7-5-10)13(16)15-8-2-3-12(15)9-14;/h4-7,12H,2-3,8-9,14H2,1H3;1H. The lowest BCUT2D eigenvalue weighted by Gasteiger charge is -2.23. The molecule has 1 unspecified atom stereocenters. The minimum absolute atomic E-state index is 0. The number of nitrogens with zero attached hydrogens (tertiary/aromatic N) is 1. The van der Waals surface area contributed by atoms with Gasteiger partial charge in [0, 0.05) is 24.7 Å². The minimum atomic E-state index is 0. The van der Waals surface area contributed by atoms with Gasteiger partial charge in [-0.1, -0.05) is 17.7 Å². The van der Waals surface area contributed by atoms with Crippen LogP contribution in [0, 0.1) is 6.92 Å². The zero-order chi connectivity index (χ0) is 11.5. The first-order valence-corrected chi connectivity index (χ1v) is 5.80. The zero-order valence-corrected chi connectivity index (χ0v) is 10.9. The first-order chi connectivity index (χ1) is 7.72. The predicted molar refractivity (Wildman–Crippen MR) is 71.5 cm³/mol. The number of carbonyl (C=O) groups is 1. The molecule has 1 atom stereocenters. The maximum atomic E-state index is 12.2. The molecule has 0 radical (unpaired) electrons. The number of amides is 1. The Hall–Kier alpha value is -1.06. The Morgan fingerprint density at radius 2 is 2.06 bits per heavy atom. The Bertz CT molecular complexity index is 378. The first kappa shape index (κ1) is 14.0. The molecule has 1 fully saturated rings. The Morgan fingerprint density at radius 3 is 2.65 bits per heavy atom. The van der Waals surface area contributed by atoms with Gasteiger partial charge in [-0.05, 0) is 31.9 Å². The van der Waals surface area contributed by atoms with Crippen molar-refractivity contribution in [1.29, 1.82) is 0 Å². The van der Waals surface area contributed by atoms with E-state index < -0.39 is 0 Å². The van der Waals surface area contributed by atoms with E-state index in [2.05, 4.69) is 0 Å². The monoisotopic (exact) mass is 254 g/mol. The lowest BCUT2D eigenvalue weighted by Crippen LogP contribution is -2.39. The zero-order valence-electron chi connectivity index (χ0n) is 10.1. The van der Waals surface area contributed by atoms with E-state index in [9.17, 15) is 4.79 Å². The Balaban J connectivity index is 0.00000144. The molecule has 4 heteroatoms. The number of benzene rings is 1. The predicted octanol–water partition coefficient (Wildman–Crippen LogP) is 1.98. The van der Waals surface area contributed by atoms with E-state index in [0.29, 0.717) is 6.54 Å². The number of nitrogens with two attached hydrogens (primary N) is 1. The number of halogens is 1. The summed E-state index contributed by atoms with van der Waals surface area (Å²) in [7, 11) is 0. The van der Waals surface area contributed by atoms with Gasteiger partial charge in [0.25, 0.3) is 5.91 Å². The average Bonchev–Trinajstić information content (AvgIpc) is 2.77. The van der Waals surface area contributed by atoms with Crippen molar-refractivity contribution < 1.29 is 4.79 Å². The van der Waals surface area contributed by atoms with Gasteiger partial charge in [-0.3, -0.25) is 4.79 Å². The van der Waals surface area contributed by atoms with Crippen molar-refractivity contribution in [3.05, 3.63) is 35.4 Å². The van der Waals surface area contributed by atoms with E-state index in [0.717, 1.165) is 24.9 Å². The first-order valence-electron chi connectivity index (χ1n) is 5.80. The number of hydrogen-bond acceptors (Lipinski definition) is 2. The van der Waals surface area contributed by atoms with Crippen LogP contribution in [0.4, 0.5) is 0 Å². The van der Waals surface area contributed by atoms with E-state index in [-0.39, 0.29) is 24.4 Å². The normalized spacial score (nSPS) is 18.9. The molecular formula is C13H19ClN2O. The van der Waals surface area contributed by atoms with Crippen molar-refractivity contribution in [2.75, 3.05) is 13.1 Å². The van der Waals surface area contributed by atoms with E-state index in [1.54, 1.807) is 0 Å². The van der Waals surface area contributed by atoms with Gasteiger partial charge in [-0.25, -0.2) is 0 Å². The SMILES string of the molecule is Cc1ccc(C(=O)N2CCCC2CN)cc1.Cl. The van der Waals surface area contributed by atoms with Gasteiger partial charge in [-0.2, -0.15) is 0 Å². The number of hydrogen-bond donors (Lipinski definition) is 1. The Labute approximate surface area is 108 Å². The van der Waals surface area contributed by atoms with Crippen LogP contribution in [0.1, 0.15) is 28.8 Å². The molecule has 0 spiro atoms. The summed E-state index contributed by atoms with van der Waals surface area (Å²) in [6.07, 6.45) is 2.10. The molecule has 2 N–H and O–H groups in total. The summed E-state index contributed by atoms with van der Waals surface area (Å²) in [5.74, 6) is 0.118. The Morgan fingerprint density at radius 1 is 1.41 bits per heavy atom. The largest absolute Gasteiger partial charge is 0.334 e. The molecule has 1 amide bonds. The molecule has 0 saturated carbocycles. The molecule has 3 nitrogen and oxygen atoms in total. The molecule has 0 aliphatic carbocycles. The van der Waals surface area contributed by atoms with Gasteiger partial charge < -0.3 is 10.6 Å². The second kappa shape index (κ2) is 6.03. The maximum absolute atomic E-state index is 12.2. The Kier molecular flexibility index (Phi) is 4.97. The van der Waals surface area contributed by atoms with Gasteiger partial charge in [-0.15, -0.1) is 12.4 Å². The lowest BCUT2D eigenvalue weighted by atomic mass is 10.1. The summed E-state index contributed by atoms with van der Waals surface area (Å²) >= 11 is 0. The van der Waals surface area contributed by atoms with Crippen LogP contribution in [0.25, 0.3) is 0 Å². The van der Waals surface area contributed by atoms with Crippen LogP contribution < -0.4 is 5.73 Å². The van der Waals surface area contributed by atoms with Crippen LogP contribution in [0.15, 0.2) is 24.3 Å². The van der Waals surface area contributed by atoms with Gasteiger partial charge in [0.05, 0.1) is 0 Å². The molecule has 1 saturated heterocycles. The second-order valence-corrected chi connectivity index (χ2v) is 4.40. The van der Waals surface area contributed by atoms with Gasteiger partial charge >= 0.3 is 0 Å². The molecule has 1 aliphatic rings. The summed E-state index contributed by atoms with van der Waals surface area (Å²) in [5.41, 5.74) is 7.61. The lowest BCUT2D eigenvalue weighted by molar-refractivity contribution is 0.0741. The summed E-state index contributed by atoms with van der Waals surface area (Å²) in [6, 6.07) is 7.96. The van der Waals surface area contributed by atoms with Crippen molar-refractivity contribution in [2.24, 2.45) is 5.73 Å². The van der Waals surface area contributed by atoms with Crippen molar-refractivity contribution in [1.82, 2.24) is 4.90 Å². The molecule has 0 aromatic heterocycles. The van der Waals surface area contributed by atoms with Crippen molar-refractivity contribution in [3.8, 4) is 0 Å². The van der Waals surface area contributed by atoms with E-state index in [4.69, 9.17) is 5.73 Å². The van der Waals surface area contributed by atoms with Crippen LogP contribution >= 0.6 is 12.4 Å². The third-order valence-electron chi connectivity index (χ3n) is 3.21. The highest BCUT2D eigenvalue weighted by atomic mass is 35.5. The highest BCUT2D eigenvalue weighted by Crippen LogP contribution is 2.19. The van der Waals surface area contributed by atoms with Crippen molar-refractivity contribution in [2.45, 2.75) is 25.8 Å². The third kappa shape index (κ3) is 2.99. The van der Waals surface area contributed by atoms with Crippen LogP contribution in [-0.2, 0) is 0 Å². The summed E-state index contributed by atoms with van der Waals surface area (Å²) < 4.78 is 0. The van der Waals surface area contributed by atoms with Crippen LogP contribution in [0.2, 0.25) is 0 Å². The number of aryl methyl sites for hydroxylation is 1. The summed E-state index contributed by atoms with van der Waals surface area (Å²) in [6.45, 7) is 3.43. The molecular weight excluding hydrogens is 236 g/mol. The van der Waals surface area contributed by atoms with Crippen molar-refractivity contribution >= 4 is 18.3 Å². The van der Waals surface area contributed by atoms with E-state index in [1.807, 2.05) is 36.1 Å². The van der Waals surface area contributed by atoms with Crippen molar-refractivity contribution in [3.63, 3.8) is 0 Å². The average molecular weight is 255 g/mol. The minimum Gasteiger partial charge on any atom is -0.334 e. The van der Waals surface area contributed by atoms with Gasteiger partial charge in [0.2, 0.25) is 0 Å². The molecule has 0 bridgehead atoms. The molecule has 1 aliphatic heterocycles. The van der Waals surface area contributed by atoms with Crippen LogP contribution in [-0.4, -0.2) is 29.9 Å². The number of likely N-dealkylation sites (tertiary alicyclic amines) is 1. The topological polar surface area (TPSA) is 46.3 Å². The highest BCUT2D eigenvalue weighted by Gasteiger charge is 2.27. The summed E-state index contributed by atoms with van der Waals surface area (Å²) in [4.78, 5) is 14.1. The maximum Gasteiger partial charge on any atom is 0.254 e. The van der Waals surface area contributed by atoms with Gasteiger partial charge in [0.1, 0.15) is 0 Å². The fraction of sp³-hybridized carbons (Fsp3) is 0.462. The van der Waals surface area contributed by atoms with Crippen LogP contribution in [0.5, 0.6) is 0 Å². The molecule has 1 aromatic rings. The fourth-order valence-corrected chi connectivity index (χ4v) is 2.21. The number of rotatable bonds is 2. The molecule has 17 heavy (non-hydrogen) atoms. The number of carbonyl (C=O) groups excluding carboxylic acids is 1. The molecule has 94 valence electrons. The van der Waals surface area contributed by atoms with Gasteiger partial charge in [0.15, 0.2) is 0 Å². The smallest absolute Gasteiger partial charge is 0.254 e.